The number of hydrogen-bond donors (Lipinski definition) is 3. The molecule has 0 spiro atoms. The number of primary sulfonamides is 1. The Labute approximate surface area is 312 Å². The first-order chi connectivity index (χ1) is 24.9. The van der Waals surface area contributed by atoms with E-state index < -0.39 is 47.8 Å². The van der Waals surface area contributed by atoms with Gasteiger partial charge in [-0.25, -0.2) is 31.3 Å². The Kier molecular flexibility index (Phi) is 15.8. The van der Waals surface area contributed by atoms with E-state index >= 15 is 0 Å². The first-order valence-electron chi connectivity index (χ1n) is 18.3. The van der Waals surface area contributed by atoms with Gasteiger partial charge in [-0.2, -0.15) is 0 Å². The smallest absolute Gasteiger partial charge is 0.248 e. The van der Waals surface area contributed by atoms with E-state index in [9.17, 15) is 31.1 Å². The summed E-state index contributed by atoms with van der Waals surface area (Å²) < 4.78 is 65.3. The summed E-state index contributed by atoms with van der Waals surface area (Å²) in [4.78, 5) is 19.1. The van der Waals surface area contributed by atoms with E-state index in [0.29, 0.717) is 28.6 Å². The van der Waals surface area contributed by atoms with Crippen LogP contribution in [0.1, 0.15) is 107 Å². The lowest BCUT2D eigenvalue weighted by atomic mass is 9.98. The van der Waals surface area contributed by atoms with Crippen LogP contribution in [0.5, 0.6) is 0 Å². The van der Waals surface area contributed by atoms with E-state index in [4.69, 9.17) is 10.1 Å². The highest BCUT2D eigenvalue weighted by Crippen LogP contribution is 2.43. The van der Waals surface area contributed by atoms with E-state index in [1.54, 1.807) is 6.07 Å². The van der Waals surface area contributed by atoms with Crippen molar-refractivity contribution in [3.63, 3.8) is 0 Å². The quantitative estimate of drug-likeness (QED) is 0.0647. The maximum absolute atomic E-state index is 14.7. The van der Waals surface area contributed by atoms with Crippen molar-refractivity contribution < 1.29 is 31.1 Å². The number of nitrogens with zero attached hydrogens (tertiary/aromatic N) is 1. The average molecular weight is 774 g/mol. The van der Waals surface area contributed by atoms with Crippen LogP contribution in [-0.2, 0) is 41.8 Å². The van der Waals surface area contributed by atoms with Crippen LogP contribution in [0.4, 0.5) is 4.39 Å². The molecule has 3 aromatic carbocycles. The molecule has 0 aliphatic carbocycles. The molecule has 4 rings (SSSR count). The zero-order valence-corrected chi connectivity index (χ0v) is 32.4. The third kappa shape index (κ3) is 11.6. The van der Waals surface area contributed by atoms with E-state index in [2.05, 4.69) is 12.2 Å². The summed E-state index contributed by atoms with van der Waals surface area (Å²) in [6, 6.07) is 18.1. The third-order valence-electron chi connectivity index (χ3n) is 9.43. The molecule has 0 bridgehead atoms. The lowest BCUT2D eigenvalue weighted by Crippen LogP contribution is -2.51. The number of carbonyl (C=O) groups excluding carboxylic acids is 1. The van der Waals surface area contributed by atoms with Crippen molar-refractivity contribution in [2.75, 3.05) is 12.3 Å². The highest BCUT2D eigenvalue weighted by molar-refractivity contribution is 7.92. The maximum atomic E-state index is 14.7. The molecular weight excluding hydrogens is 722 g/mol. The van der Waals surface area contributed by atoms with E-state index in [0.717, 1.165) is 53.7 Å². The number of halogens is 1. The molecule has 0 radical (unpaired) electrons. The molecule has 1 aromatic heterocycles. The van der Waals surface area contributed by atoms with E-state index in [1.165, 1.54) is 62.8 Å². The average Bonchev–Trinajstić information content (AvgIpc) is 3.54. The van der Waals surface area contributed by atoms with Gasteiger partial charge < -0.3 is 10.4 Å². The zero-order valence-electron chi connectivity index (χ0n) is 30.0. The molecule has 4 aromatic rings. The summed E-state index contributed by atoms with van der Waals surface area (Å²) in [5.41, 5.74) is 3.34. The molecule has 284 valence electrons. The van der Waals surface area contributed by atoms with Crippen molar-refractivity contribution in [1.29, 1.82) is 0 Å². The largest absolute Gasteiger partial charge is 0.392 e. The summed E-state index contributed by atoms with van der Waals surface area (Å²) in [6.07, 6.45) is 12.7. The van der Waals surface area contributed by atoms with Crippen LogP contribution in [0.2, 0.25) is 0 Å². The monoisotopic (exact) mass is 773 g/mol. The number of nitrogens with one attached hydrogen (secondary N) is 1. The standard InChI is InChI=1S/C39H52FN3O6S3/c1-2-3-4-5-6-7-8-9-10-11-12-13-24-39(37(45)42-25-26-52(41,48)49,51(46,47)29-31-16-21-34(40)22-17-31)38-43-35-23-20-33(27-36(35)50-38)32-18-14-30(28-44)15-19-32/h14-23,27,44H,2-13,24-26,28-29H2,1H3,(H,42,45)(H2,41,48,49). The Balaban J connectivity index is 1.66. The normalized spacial score (nSPS) is 13.3. The number of aliphatic hydroxyl groups is 1. The molecule has 1 amide bonds. The maximum Gasteiger partial charge on any atom is 0.248 e. The summed E-state index contributed by atoms with van der Waals surface area (Å²) in [5.74, 6) is -2.49. The zero-order chi connectivity index (χ0) is 37.6. The molecule has 52 heavy (non-hydrogen) atoms. The number of aliphatic hydroxyl groups excluding tert-OH is 1. The van der Waals surface area contributed by atoms with Gasteiger partial charge in [0.25, 0.3) is 0 Å². The number of amides is 1. The molecule has 1 unspecified atom stereocenters. The number of fused-ring (bicyclic) bond motifs is 1. The molecule has 1 atom stereocenters. The molecule has 0 aliphatic rings. The summed E-state index contributed by atoms with van der Waals surface area (Å²) in [5, 5.41) is 17.3. The van der Waals surface area contributed by atoms with Crippen molar-refractivity contribution in [2.45, 2.75) is 108 Å². The van der Waals surface area contributed by atoms with E-state index in [1.807, 2.05) is 36.4 Å². The fourth-order valence-electron chi connectivity index (χ4n) is 6.41. The first-order valence-corrected chi connectivity index (χ1v) is 22.4. The molecule has 9 nitrogen and oxygen atoms in total. The fourth-order valence-corrected chi connectivity index (χ4v) is 10.4. The Morgan fingerprint density at radius 2 is 1.37 bits per heavy atom. The predicted molar refractivity (Wildman–Crippen MR) is 208 cm³/mol. The van der Waals surface area contributed by atoms with Gasteiger partial charge in [0.15, 0.2) is 9.84 Å². The van der Waals surface area contributed by atoms with Gasteiger partial charge in [-0.3, -0.25) is 4.79 Å². The van der Waals surface area contributed by atoms with Gasteiger partial charge in [0.05, 0.1) is 28.3 Å². The molecular formula is C39H52FN3O6S3. The highest BCUT2D eigenvalue weighted by atomic mass is 32.2. The first kappa shape index (κ1) is 41.5. The number of hydrogen-bond acceptors (Lipinski definition) is 8. The van der Waals surface area contributed by atoms with Gasteiger partial charge in [-0.1, -0.05) is 126 Å². The number of unbranched alkanes of at least 4 members (excludes halogenated alkanes) is 11. The summed E-state index contributed by atoms with van der Waals surface area (Å²) in [6.45, 7) is 1.76. The Hall–Kier alpha value is -3.23. The number of sulfone groups is 1. The highest BCUT2D eigenvalue weighted by Gasteiger charge is 2.53. The second kappa shape index (κ2) is 19.7. The van der Waals surface area contributed by atoms with E-state index in [-0.39, 0.29) is 24.6 Å². The van der Waals surface area contributed by atoms with Crippen molar-refractivity contribution in [3.05, 3.63) is 88.7 Å². The van der Waals surface area contributed by atoms with Crippen LogP contribution < -0.4 is 10.5 Å². The van der Waals surface area contributed by atoms with Gasteiger partial charge >= 0.3 is 0 Å². The van der Waals surface area contributed by atoms with Gasteiger partial charge in [0.1, 0.15) is 10.8 Å². The van der Waals surface area contributed by atoms with Crippen molar-refractivity contribution in [1.82, 2.24) is 10.3 Å². The number of benzene rings is 3. The van der Waals surface area contributed by atoms with Crippen LogP contribution in [0.25, 0.3) is 21.3 Å². The molecule has 0 fully saturated rings. The SMILES string of the molecule is CCCCCCCCCCCCCCC(C(=O)NCCS(N)(=O)=O)(c1nc2ccc(-c3ccc(CO)cc3)cc2s1)S(=O)(=O)Cc1ccc(F)cc1. The molecule has 0 aliphatic heterocycles. The van der Waals surface area contributed by atoms with Gasteiger partial charge in [0, 0.05) is 6.54 Å². The number of nitrogens with two attached hydrogens (primary N) is 1. The molecule has 1 heterocycles. The van der Waals surface area contributed by atoms with Crippen LogP contribution in [0.15, 0.2) is 66.7 Å². The minimum absolute atomic E-state index is 0.0650. The van der Waals surface area contributed by atoms with Crippen LogP contribution in [0.3, 0.4) is 0 Å². The second-order valence-electron chi connectivity index (χ2n) is 13.5. The third-order valence-corrected chi connectivity index (χ3v) is 13.9. The van der Waals surface area contributed by atoms with Gasteiger partial charge in [-0.15, -0.1) is 11.3 Å². The lowest BCUT2D eigenvalue weighted by Gasteiger charge is -2.30. The Morgan fingerprint density at radius 1 is 0.808 bits per heavy atom. The molecule has 13 heteroatoms. The predicted octanol–water partition coefficient (Wildman–Crippen LogP) is 7.90. The minimum atomic E-state index is -4.39. The van der Waals surface area contributed by atoms with Crippen molar-refractivity contribution >= 4 is 47.3 Å². The number of rotatable bonds is 23. The van der Waals surface area contributed by atoms with Crippen LogP contribution in [0, 0.1) is 5.82 Å². The lowest BCUT2D eigenvalue weighted by molar-refractivity contribution is -0.124. The molecule has 4 N–H and O–H groups in total. The van der Waals surface area contributed by atoms with Crippen molar-refractivity contribution in [3.8, 4) is 11.1 Å². The van der Waals surface area contributed by atoms with Crippen LogP contribution >= 0.6 is 11.3 Å². The molecule has 0 saturated heterocycles. The summed E-state index contributed by atoms with van der Waals surface area (Å²) >= 11 is 1.12. The number of carbonyl (C=O) groups is 1. The molecule has 0 saturated carbocycles. The van der Waals surface area contributed by atoms with Gasteiger partial charge in [0.2, 0.25) is 20.7 Å². The van der Waals surface area contributed by atoms with Gasteiger partial charge in [-0.05, 0) is 52.9 Å². The minimum Gasteiger partial charge on any atom is -0.392 e. The van der Waals surface area contributed by atoms with Crippen molar-refractivity contribution in [2.24, 2.45) is 5.14 Å². The second-order valence-corrected chi connectivity index (χ2v) is 18.5. The Bertz CT molecular complexity index is 1950. The van der Waals surface area contributed by atoms with Crippen LogP contribution in [-0.4, -0.2) is 45.1 Å². The fraction of sp³-hybridized carbons (Fsp3) is 0.487. The number of sulfonamides is 1. The topological polar surface area (TPSA) is 157 Å². The Morgan fingerprint density at radius 3 is 1.94 bits per heavy atom. The number of thiazole rings is 1. The number of aromatic nitrogens is 1. The summed E-state index contributed by atoms with van der Waals surface area (Å²) in [7, 11) is -8.33.